The average molecular weight is 443 g/mol. The Morgan fingerprint density at radius 2 is 1.80 bits per heavy atom. The van der Waals surface area contributed by atoms with E-state index in [9.17, 15) is 26.4 Å². The van der Waals surface area contributed by atoms with Crippen LogP contribution in [0.15, 0.2) is 29.2 Å². The average Bonchev–Trinajstić information content (AvgIpc) is 3.00. The normalized spacial score (nSPS) is 14.6. The third-order valence-electron chi connectivity index (χ3n) is 4.87. The number of aromatic nitrogens is 2. The molecule has 6 nitrogen and oxygen atoms in total. The van der Waals surface area contributed by atoms with Crippen LogP contribution in [0.25, 0.3) is 0 Å². The van der Waals surface area contributed by atoms with Crippen molar-refractivity contribution in [2.24, 2.45) is 5.92 Å². The zero-order chi connectivity index (χ0) is 22.1. The predicted molar refractivity (Wildman–Crippen MR) is 106 cm³/mol. The van der Waals surface area contributed by atoms with Crippen molar-refractivity contribution in [3.05, 3.63) is 41.2 Å². The van der Waals surface area contributed by atoms with E-state index in [-0.39, 0.29) is 28.7 Å². The fraction of sp³-hybridized carbons (Fsp3) is 0.500. The van der Waals surface area contributed by atoms with Gasteiger partial charge in [0.1, 0.15) is 6.54 Å². The number of rotatable bonds is 6. The van der Waals surface area contributed by atoms with Crippen LogP contribution in [-0.4, -0.2) is 29.9 Å². The number of carbonyl (C=O) groups excluding carboxylic acids is 1. The van der Waals surface area contributed by atoms with E-state index < -0.39 is 27.6 Å². The van der Waals surface area contributed by atoms with E-state index in [0.29, 0.717) is 30.6 Å². The lowest BCUT2D eigenvalue weighted by Crippen LogP contribution is -2.22. The molecule has 1 N–H and O–H groups in total. The summed E-state index contributed by atoms with van der Waals surface area (Å²) in [5.41, 5.74) is 0.0883. The highest BCUT2D eigenvalue weighted by Crippen LogP contribution is 2.35. The lowest BCUT2D eigenvalue weighted by molar-refractivity contribution is -0.142. The quantitative estimate of drug-likeness (QED) is 0.735. The van der Waals surface area contributed by atoms with Crippen LogP contribution in [0.1, 0.15) is 43.6 Å². The number of anilines is 1. The van der Waals surface area contributed by atoms with E-state index in [0.717, 1.165) is 11.1 Å². The monoisotopic (exact) mass is 443 g/mol. The van der Waals surface area contributed by atoms with E-state index in [2.05, 4.69) is 10.4 Å². The maximum absolute atomic E-state index is 13.3. The van der Waals surface area contributed by atoms with Crippen molar-refractivity contribution in [3.63, 3.8) is 0 Å². The number of benzene rings is 1. The number of halogens is 3. The molecule has 0 saturated carbocycles. The third-order valence-corrected chi connectivity index (χ3v) is 6.96. The van der Waals surface area contributed by atoms with E-state index >= 15 is 0 Å². The van der Waals surface area contributed by atoms with E-state index in [1.807, 2.05) is 13.8 Å². The second-order valence-corrected chi connectivity index (χ2v) is 9.92. The van der Waals surface area contributed by atoms with E-state index in [1.54, 1.807) is 0 Å². The van der Waals surface area contributed by atoms with Crippen LogP contribution in [0.4, 0.5) is 18.9 Å². The van der Waals surface area contributed by atoms with Gasteiger partial charge in [-0.15, -0.1) is 0 Å². The summed E-state index contributed by atoms with van der Waals surface area (Å²) in [6, 6.07) is 5.74. The topological polar surface area (TPSA) is 81.1 Å². The van der Waals surface area contributed by atoms with Gasteiger partial charge < -0.3 is 5.32 Å². The van der Waals surface area contributed by atoms with Crippen molar-refractivity contribution in [2.75, 3.05) is 11.1 Å². The van der Waals surface area contributed by atoms with Crippen LogP contribution in [0, 0.1) is 5.92 Å². The van der Waals surface area contributed by atoms with Crippen molar-refractivity contribution in [1.29, 1.82) is 0 Å². The molecule has 0 saturated heterocycles. The summed E-state index contributed by atoms with van der Waals surface area (Å²) in [5, 5.41) is 6.26. The summed E-state index contributed by atoms with van der Waals surface area (Å²) < 4.78 is 65.4. The number of hydrogen-bond donors (Lipinski definition) is 1. The largest absolute Gasteiger partial charge is 0.435 e. The van der Waals surface area contributed by atoms with Crippen LogP contribution in [0.5, 0.6) is 0 Å². The molecule has 0 atom stereocenters. The summed E-state index contributed by atoms with van der Waals surface area (Å²) in [7, 11) is -3.41. The van der Waals surface area contributed by atoms with Crippen LogP contribution in [0.2, 0.25) is 0 Å². The molecule has 1 aromatic heterocycles. The number of nitrogens with zero attached hydrogens (tertiary/aromatic N) is 2. The lowest BCUT2D eigenvalue weighted by Gasteiger charge is -2.14. The van der Waals surface area contributed by atoms with Gasteiger partial charge in [0.15, 0.2) is 15.5 Å². The van der Waals surface area contributed by atoms with Crippen molar-refractivity contribution in [1.82, 2.24) is 9.78 Å². The number of sulfone groups is 1. The van der Waals surface area contributed by atoms with E-state index in [1.165, 1.54) is 24.3 Å². The molecule has 164 valence electrons. The molecule has 0 spiro atoms. The first kappa shape index (κ1) is 22.3. The second-order valence-electron chi connectivity index (χ2n) is 7.88. The Bertz CT molecular complexity index is 1030. The molecule has 0 unspecified atom stereocenters. The Balaban J connectivity index is 1.73. The van der Waals surface area contributed by atoms with Crippen LogP contribution >= 0.6 is 0 Å². The number of alkyl halides is 3. The van der Waals surface area contributed by atoms with Gasteiger partial charge in [0.2, 0.25) is 5.91 Å². The Morgan fingerprint density at radius 1 is 1.17 bits per heavy atom. The first-order chi connectivity index (χ1) is 14.0. The van der Waals surface area contributed by atoms with Gasteiger partial charge in [0.05, 0.1) is 10.6 Å². The highest BCUT2D eigenvalue weighted by atomic mass is 32.2. The third kappa shape index (κ3) is 5.03. The van der Waals surface area contributed by atoms with Gasteiger partial charge in [-0.1, -0.05) is 13.8 Å². The molecular weight excluding hydrogens is 419 g/mol. The van der Waals surface area contributed by atoms with Gasteiger partial charge in [-0.3, -0.25) is 9.48 Å². The van der Waals surface area contributed by atoms with E-state index in [4.69, 9.17) is 0 Å². The van der Waals surface area contributed by atoms with Gasteiger partial charge in [-0.2, -0.15) is 18.3 Å². The standard InChI is InChI=1S/C20H24F3N3O3S/c1-13(2)12-30(28,29)15-9-7-14(8-10-15)24-18(27)11-26-17-6-4-3-5-16(17)19(25-26)20(21,22)23/h7-10,13H,3-6,11-12H2,1-2H3,(H,24,27). The van der Waals surface area contributed by atoms with Gasteiger partial charge in [-0.25, -0.2) is 8.42 Å². The van der Waals surface area contributed by atoms with Gasteiger partial charge in [-0.05, 0) is 55.9 Å². The molecule has 1 amide bonds. The highest BCUT2D eigenvalue weighted by molar-refractivity contribution is 7.91. The predicted octanol–water partition coefficient (Wildman–Crippen LogP) is 3.85. The SMILES string of the molecule is CC(C)CS(=O)(=O)c1ccc(NC(=O)Cn2nc(C(F)(F)F)c3c2CCCC3)cc1. The Labute approximate surface area is 173 Å². The molecule has 10 heteroatoms. The fourth-order valence-electron chi connectivity index (χ4n) is 3.65. The number of nitrogens with one attached hydrogen (secondary N) is 1. The molecule has 2 aromatic rings. The Morgan fingerprint density at radius 3 is 2.40 bits per heavy atom. The molecule has 0 bridgehead atoms. The molecule has 1 aromatic carbocycles. The lowest BCUT2D eigenvalue weighted by atomic mass is 9.95. The van der Waals surface area contributed by atoms with Gasteiger partial charge >= 0.3 is 6.18 Å². The Kier molecular flexibility index (Phi) is 6.26. The van der Waals surface area contributed by atoms with Crippen LogP contribution in [0.3, 0.4) is 0 Å². The van der Waals surface area contributed by atoms with Crippen molar-refractivity contribution in [2.45, 2.75) is 57.1 Å². The smallest absolute Gasteiger partial charge is 0.324 e. The maximum atomic E-state index is 13.3. The van der Waals surface area contributed by atoms with Crippen LogP contribution in [-0.2, 0) is 40.2 Å². The van der Waals surface area contributed by atoms with Gasteiger partial charge in [0.25, 0.3) is 0 Å². The summed E-state index contributed by atoms with van der Waals surface area (Å²) in [6.07, 6.45) is -2.38. The first-order valence-corrected chi connectivity index (χ1v) is 11.4. The minimum Gasteiger partial charge on any atom is -0.324 e. The van der Waals surface area contributed by atoms with Crippen molar-refractivity contribution < 1.29 is 26.4 Å². The summed E-state index contributed by atoms with van der Waals surface area (Å²) in [5.74, 6) is -0.529. The van der Waals surface area contributed by atoms with Crippen LogP contribution < -0.4 is 5.32 Å². The number of hydrogen-bond acceptors (Lipinski definition) is 4. The molecule has 1 heterocycles. The molecule has 30 heavy (non-hydrogen) atoms. The highest BCUT2D eigenvalue weighted by Gasteiger charge is 2.39. The number of fused-ring (bicyclic) bond motifs is 1. The molecule has 0 radical (unpaired) electrons. The summed E-state index contributed by atoms with van der Waals surface area (Å²) in [6.45, 7) is 3.28. The summed E-state index contributed by atoms with van der Waals surface area (Å²) in [4.78, 5) is 12.5. The molecular formula is C20H24F3N3O3S. The fourth-order valence-corrected chi connectivity index (χ4v) is 5.27. The minimum absolute atomic E-state index is 0.0176. The minimum atomic E-state index is -4.56. The number of amides is 1. The molecule has 0 aliphatic heterocycles. The molecule has 3 rings (SSSR count). The van der Waals surface area contributed by atoms with Crippen molar-refractivity contribution in [3.8, 4) is 0 Å². The summed E-state index contributed by atoms with van der Waals surface area (Å²) >= 11 is 0. The molecule has 1 aliphatic rings. The first-order valence-electron chi connectivity index (χ1n) is 9.76. The maximum Gasteiger partial charge on any atom is 0.435 e. The number of carbonyl (C=O) groups is 1. The van der Waals surface area contributed by atoms with Gasteiger partial charge in [0, 0.05) is 16.9 Å². The zero-order valence-electron chi connectivity index (χ0n) is 16.8. The molecule has 1 aliphatic carbocycles. The second kappa shape index (κ2) is 8.41. The molecule has 0 fully saturated rings. The Hall–Kier alpha value is -2.36. The zero-order valence-corrected chi connectivity index (χ0v) is 17.6. The van der Waals surface area contributed by atoms with Crippen molar-refractivity contribution >= 4 is 21.4 Å².